The third-order valence-electron chi connectivity index (χ3n) is 4.41. The predicted octanol–water partition coefficient (Wildman–Crippen LogP) is 3.77. The molecular weight excluding hydrogens is 262 g/mol. The molecule has 0 saturated carbocycles. The Morgan fingerprint density at radius 1 is 1.05 bits per heavy atom. The fourth-order valence-corrected chi connectivity index (χ4v) is 3.05. The number of piperidine rings is 1. The zero-order valence-electron chi connectivity index (χ0n) is 13.8. The summed E-state index contributed by atoms with van der Waals surface area (Å²) in [6.45, 7) is 10.5. The molecule has 0 aliphatic carbocycles. The van der Waals surface area contributed by atoms with Crippen LogP contribution < -0.4 is 4.74 Å². The maximum Gasteiger partial charge on any atom is 0.119 e. The van der Waals surface area contributed by atoms with Crippen molar-refractivity contribution in [3.05, 3.63) is 29.8 Å². The monoisotopic (exact) mass is 291 g/mol. The Labute approximate surface area is 128 Å². The van der Waals surface area contributed by atoms with Gasteiger partial charge in [0.1, 0.15) is 5.75 Å². The first-order valence-electron chi connectivity index (χ1n) is 8.11. The van der Waals surface area contributed by atoms with Crippen LogP contribution in [0, 0.1) is 0 Å². The molecule has 1 unspecified atom stereocenters. The number of aliphatic hydroxyl groups is 1. The lowest BCUT2D eigenvalue weighted by atomic mass is 9.88. The van der Waals surface area contributed by atoms with Crippen LogP contribution in [-0.2, 0) is 0 Å². The summed E-state index contributed by atoms with van der Waals surface area (Å²) in [5.41, 5.74) is 0.725. The van der Waals surface area contributed by atoms with Gasteiger partial charge >= 0.3 is 0 Å². The van der Waals surface area contributed by atoms with Crippen molar-refractivity contribution in [3.8, 4) is 5.75 Å². The number of hydrogen-bond acceptors (Lipinski definition) is 3. The maximum atomic E-state index is 10.8. The number of aliphatic hydroxyl groups excluding tert-OH is 1. The van der Waals surface area contributed by atoms with E-state index in [1.165, 1.54) is 19.3 Å². The van der Waals surface area contributed by atoms with Crippen molar-refractivity contribution in [1.82, 2.24) is 4.90 Å². The molecule has 0 amide bonds. The fraction of sp³-hybridized carbons (Fsp3) is 0.667. The molecule has 1 atom stereocenters. The molecule has 1 aromatic rings. The Hall–Kier alpha value is -1.06. The smallest absolute Gasteiger partial charge is 0.119 e. The molecule has 0 aromatic heterocycles. The van der Waals surface area contributed by atoms with Gasteiger partial charge in [-0.3, -0.25) is 4.90 Å². The van der Waals surface area contributed by atoms with Crippen LogP contribution in [0.2, 0.25) is 0 Å². The minimum Gasteiger partial charge on any atom is -0.491 e. The second-order valence-electron chi connectivity index (χ2n) is 6.84. The Balaban J connectivity index is 2.08. The molecule has 1 saturated heterocycles. The topological polar surface area (TPSA) is 32.7 Å². The highest BCUT2D eigenvalue weighted by atomic mass is 16.5. The van der Waals surface area contributed by atoms with Crippen LogP contribution in [0.3, 0.4) is 0 Å². The Bertz CT molecular complexity index is 433. The lowest BCUT2D eigenvalue weighted by Gasteiger charge is -2.44. The van der Waals surface area contributed by atoms with Crippen LogP contribution in [0.1, 0.15) is 58.6 Å². The summed E-state index contributed by atoms with van der Waals surface area (Å²) in [6, 6.07) is 7.86. The lowest BCUT2D eigenvalue weighted by molar-refractivity contribution is -0.0209. The molecule has 1 aliphatic rings. The summed E-state index contributed by atoms with van der Waals surface area (Å²) in [5.74, 6) is 0.858. The molecular formula is C18H29NO2. The number of benzene rings is 1. The van der Waals surface area contributed by atoms with Crippen molar-refractivity contribution in [3.63, 3.8) is 0 Å². The van der Waals surface area contributed by atoms with Crippen molar-refractivity contribution in [2.45, 2.75) is 64.7 Å². The van der Waals surface area contributed by atoms with Gasteiger partial charge in [0.25, 0.3) is 0 Å². The molecule has 3 heteroatoms. The van der Waals surface area contributed by atoms with E-state index < -0.39 is 6.10 Å². The van der Waals surface area contributed by atoms with E-state index in [1.54, 1.807) is 0 Å². The van der Waals surface area contributed by atoms with E-state index in [-0.39, 0.29) is 11.6 Å². The van der Waals surface area contributed by atoms with Crippen molar-refractivity contribution in [2.75, 3.05) is 13.1 Å². The van der Waals surface area contributed by atoms with Gasteiger partial charge in [-0.1, -0.05) is 18.6 Å². The van der Waals surface area contributed by atoms with E-state index in [2.05, 4.69) is 18.7 Å². The quantitative estimate of drug-likeness (QED) is 0.896. The Morgan fingerprint density at radius 2 is 1.62 bits per heavy atom. The highest BCUT2D eigenvalue weighted by molar-refractivity contribution is 5.30. The summed E-state index contributed by atoms with van der Waals surface area (Å²) in [5, 5.41) is 10.8. The van der Waals surface area contributed by atoms with Gasteiger partial charge in [0, 0.05) is 5.54 Å². The van der Waals surface area contributed by atoms with E-state index in [1.807, 2.05) is 38.1 Å². The summed E-state index contributed by atoms with van der Waals surface area (Å²) in [7, 11) is 0. The van der Waals surface area contributed by atoms with Crippen molar-refractivity contribution in [2.24, 2.45) is 0 Å². The molecule has 1 fully saturated rings. The zero-order chi connectivity index (χ0) is 15.5. The minimum atomic E-state index is -0.483. The maximum absolute atomic E-state index is 10.8. The van der Waals surface area contributed by atoms with Gasteiger partial charge in [-0.05, 0) is 71.3 Å². The second-order valence-corrected chi connectivity index (χ2v) is 6.84. The highest BCUT2D eigenvalue weighted by Crippen LogP contribution is 2.33. The molecule has 3 nitrogen and oxygen atoms in total. The summed E-state index contributed by atoms with van der Waals surface area (Å²) < 4.78 is 5.66. The Morgan fingerprint density at radius 3 is 2.14 bits per heavy atom. The molecule has 1 heterocycles. The SMILES string of the molecule is CC(C)Oc1ccc(C(O)C(C)(C)N2CCCCC2)cc1. The minimum absolute atomic E-state index is 0.172. The number of ether oxygens (including phenoxy) is 1. The second kappa shape index (κ2) is 6.80. The van der Waals surface area contributed by atoms with Crippen molar-refractivity contribution < 1.29 is 9.84 Å². The first-order chi connectivity index (χ1) is 9.91. The summed E-state index contributed by atoms with van der Waals surface area (Å²) in [6.07, 6.45) is 3.47. The molecule has 1 aromatic carbocycles. The summed E-state index contributed by atoms with van der Waals surface area (Å²) in [4.78, 5) is 2.42. The average molecular weight is 291 g/mol. The molecule has 0 spiro atoms. The van der Waals surface area contributed by atoms with Crippen molar-refractivity contribution >= 4 is 0 Å². The van der Waals surface area contributed by atoms with E-state index in [4.69, 9.17) is 4.74 Å². The lowest BCUT2D eigenvalue weighted by Crippen LogP contribution is -2.50. The molecule has 1 N–H and O–H groups in total. The third kappa shape index (κ3) is 3.98. The molecule has 2 rings (SSSR count). The van der Waals surface area contributed by atoms with Gasteiger partial charge in [-0.2, -0.15) is 0 Å². The van der Waals surface area contributed by atoms with E-state index in [0.717, 1.165) is 24.4 Å². The number of likely N-dealkylation sites (tertiary alicyclic amines) is 1. The number of rotatable bonds is 5. The summed E-state index contributed by atoms with van der Waals surface area (Å²) >= 11 is 0. The zero-order valence-corrected chi connectivity index (χ0v) is 13.8. The van der Waals surface area contributed by atoms with Crippen LogP contribution in [0.4, 0.5) is 0 Å². The van der Waals surface area contributed by atoms with Gasteiger partial charge < -0.3 is 9.84 Å². The Kier molecular flexibility index (Phi) is 5.28. The van der Waals surface area contributed by atoms with E-state index >= 15 is 0 Å². The van der Waals surface area contributed by atoms with Crippen LogP contribution in [0.5, 0.6) is 5.75 Å². The first kappa shape index (κ1) is 16.3. The average Bonchev–Trinajstić information content (AvgIpc) is 2.47. The van der Waals surface area contributed by atoms with Gasteiger partial charge in [0.2, 0.25) is 0 Å². The standard InChI is InChI=1S/C18H29NO2/c1-14(2)21-16-10-8-15(9-11-16)17(20)18(3,4)19-12-6-5-7-13-19/h8-11,14,17,20H,5-7,12-13H2,1-4H3. The molecule has 21 heavy (non-hydrogen) atoms. The normalized spacial score (nSPS) is 18.8. The van der Waals surface area contributed by atoms with Crippen LogP contribution in [0.15, 0.2) is 24.3 Å². The molecule has 0 bridgehead atoms. The molecule has 0 radical (unpaired) electrons. The number of nitrogens with zero attached hydrogens (tertiary/aromatic N) is 1. The third-order valence-corrected chi connectivity index (χ3v) is 4.41. The largest absolute Gasteiger partial charge is 0.491 e. The van der Waals surface area contributed by atoms with E-state index in [0.29, 0.717) is 0 Å². The molecule has 1 aliphatic heterocycles. The fourth-order valence-electron chi connectivity index (χ4n) is 3.05. The highest BCUT2D eigenvalue weighted by Gasteiger charge is 2.35. The van der Waals surface area contributed by atoms with Gasteiger partial charge in [0.05, 0.1) is 12.2 Å². The van der Waals surface area contributed by atoms with Crippen LogP contribution >= 0.6 is 0 Å². The predicted molar refractivity (Wildman–Crippen MR) is 86.7 cm³/mol. The van der Waals surface area contributed by atoms with E-state index in [9.17, 15) is 5.11 Å². The van der Waals surface area contributed by atoms with Gasteiger partial charge in [0.15, 0.2) is 0 Å². The van der Waals surface area contributed by atoms with Crippen molar-refractivity contribution in [1.29, 1.82) is 0 Å². The first-order valence-corrected chi connectivity index (χ1v) is 8.11. The van der Waals surface area contributed by atoms with Gasteiger partial charge in [-0.25, -0.2) is 0 Å². The van der Waals surface area contributed by atoms with Crippen LogP contribution in [0.25, 0.3) is 0 Å². The number of hydrogen-bond donors (Lipinski definition) is 1. The molecule has 118 valence electrons. The van der Waals surface area contributed by atoms with Gasteiger partial charge in [-0.15, -0.1) is 0 Å². The van der Waals surface area contributed by atoms with Crippen LogP contribution in [-0.4, -0.2) is 34.7 Å².